The van der Waals surface area contributed by atoms with Crippen LogP contribution in [0.4, 0.5) is 0 Å². The number of hydrogen-bond donors (Lipinski definition) is 0. The van der Waals surface area contributed by atoms with Crippen LogP contribution in [0.25, 0.3) is 0 Å². The summed E-state index contributed by atoms with van der Waals surface area (Å²) < 4.78 is 0. The molecule has 1 unspecified atom stereocenters. The number of benzene rings is 2. The monoisotopic (exact) mass is 278 g/mol. The maximum absolute atomic E-state index is 2.36. The molecule has 0 heteroatoms. The van der Waals surface area contributed by atoms with E-state index < -0.39 is 0 Å². The van der Waals surface area contributed by atoms with Gasteiger partial charge in [0.15, 0.2) is 0 Å². The van der Waals surface area contributed by atoms with Gasteiger partial charge in [-0.1, -0.05) is 87.5 Å². The van der Waals surface area contributed by atoms with Gasteiger partial charge in [0.25, 0.3) is 0 Å². The highest BCUT2D eigenvalue weighted by atomic mass is 14.1. The Hall–Kier alpha value is -1.82. The number of hydrogen-bond acceptors (Lipinski definition) is 0. The summed E-state index contributed by atoms with van der Waals surface area (Å²) >= 11 is 0. The summed E-state index contributed by atoms with van der Waals surface area (Å²) in [6, 6.07) is 19.7. The molecule has 2 aromatic carbocycles. The van der Waals surface area contributed by atoms with E-state index >= 15 is 0 Å². The molecule has 110 valence electrons. The van der Waals surface area contributed by atoms with E-state index in [1.807, 2.05) is 0 Å². The zero-order valence-electron chi connectivity index (χ0n) is 13.4. The summed E-state index contributed by atoms with van der Waals surface area (Å²) in [5, 5.41) is 0. The van der Waals surface area contributed by atoms with Gasteiger partial charge in [-0.25, -0.2) is 0 Å². The van der Waals surface area contributed by atoms with Gasteiger partial charge in [-0.05, 0) is 41.4 Å². The van der Waals surface area contributed by atoms with E-state index in [9.17, 15) is 0 Å². The van der Waals surface area contributed by atoms with Gasteiger partial charge in [-0.3, -0.25) is 0 Å². The molecule has 0 fully saturated rings. The predicted molar refractivity (Wildman–Crippen MR) is 92.8 cm³/mol. The van der Waals surface area contributed by atoms with Gasteiger partial charge in [0.1, 0.15) is 0 Å². The lowest BCUT2D eigenvalue weighted by Crippen LogP contribution is -1.95. The Morgan fingerprint density at radius 2 is 1.52 bits per heavy atom. The second-order valence-corrected chi connectivity index (χ2v) is 6.12. The van der Waals surface area contributed by atoms with E-state index in [2.05, 4.69) is 87.5 Å². The molecule has 0 aliphatic rings. The van der Waals surface area contributed by atoms with Gasteiger partial charge < -0.3 is 0 Å². The number of allylic oxidation sites excluding steroid dienone is 2. The molecule has 0 heterocycles. The van der Waals surface area contributed by atoms with Crippen LogP contribution >= 0.6 is 0 Å². The molecular weight excluding hydrogens is 252 g/mol. The van der Waals surface area contributed by atoms with Gasteiger partial charge in [0, 0.05) is 0 Å². The van der Waals surface area contributed by atoms with E-state index in [1.165, 1.54) is 16.7 Å². The lowest BCUT2D eigenvalue weighted by atomic mass is 9.93. The molecular formula is C21H26. The van der Waals surface area contributed by atoms with E-state index in [0.717, 1.165) is 12.8 Å². The summed E-state index contributed by atoms with van der Waals surface area (Å²) in [5.41, 5.74) is 4.27. The molecule has 21 heavy (non-hydrogen) atoms. The second kappa shape index (κ2) is 7.83. The van der Waals surface area contributed by atoms with Crippen LogP contribution in [0, 0.1) is 0 Å². The molecule has 0 aromatic heterocycles. The number of rotatable bonds is 6. The topological polar surface area (TPSA) is 0 Å². The Bertz CT molecular complexity index is 564. The van der Waals surface area contributed by atoms with Crippen molar-refractivity contribution < 1.29 is 0 Å². The molecule has 0 aliphatic carbocycles. The van der Waals surface area contributed by atoms with Crippen LogP contribution in [0.3, 0.4) is 0 Å². The highest BCUT2D eigenvalue weighted by Crippen LogP contribution is 2.23. The fourth-order valence-electron chi connectivity index (χ4n) is 2.49. The standard InChI is InChI=1S/C21H26/c1-17(2)20-14-9-15-21(16-20)18(3)10-7-8-13-19-11-5-4-6-12-19/h4-9,11-12,14-18H,10,13H2,1-3H3. The van der Waals surface area contributed by atoms with Crippen LogP contribution in [0.5, 0.6) is 0 Å². The maximum Gasteiger partial charge on any atom is -0.00975 e. The third kappa shape index (κ3) is 4.90. The summed E-state index contributed by atoms with van der Waals surface area (Å²) in [6.07, 6.45) is 6.74. The van der Waals surface area contributed by atoms with E-state index in [0.29, 0.717) is 11.8 Å². The van der Waals surface area contributed by atoms with Gasteiger partial charge in [0.2, 0.25) is 0 Å². The predicted octanol–water partition coefficient (Wildman–Crippen LogP) is 6.10. The molecule has 0 bridgehead atoms. The molecule has 0 saturated heterocycles. The third-order valence-electron chi connectivity index (χ3n) is 4.00. The van der Waals surface area contributed by atoms with Crippen molar-refractivity contribution in [3.8, 4) is 0 Å². The highest BCUT2D eigenvalue weighted by molar-refractivity contribution is 5.28. The lowest BCUT2D eigenvalue weighted by molar-refractivity contribution is 0.771. The zero-order valence-corrected chi connectivity index (χ0v) is 13.4. The van der Waals surface area contributed by atoms with Crippen molar-refractivity contribution in [2.24, 2.45) is 0 Å². The zero-order chi connectivity index (χ0) is 15.1. The van der Waals surface area contributed by atoms with E-state index in [4.69, 9.17) is 0 Å². The van der Waals surface area contributed by atoms with Crippen molar-refractivity contribution in [1.82, 2.24) is 0 Å². The summed E-state index contributed by atoms with van der Waals surface area (Å²) in [4.78, 5) is 0. The molecule has 2 rings (SSSR count). The first-order chi connectivity index (χ1) is 10.2. The molecule has 0 spiro atoms. The van der Waals surface area contributed by atoms with Crippen molar-refractivity contribution >= 4 is 0 Å². The summed E-state index contributed by atoms with van der Waals surface area (Å²) in [6.45, 7) is 6.82. The fourth-order valence-corrected chi connectivity index (χ4v) is 2.49. The van der Waals surface area contributed by atoms with Crippen LogP contribution in [0.15, 0.2) is 66.7 Å². The van der Waals surface area contributed by atoms with Crippen LogP contribution in [0.2, 0.25) is 0 Å². The van der Waals surface area contributed by atoms with Crippen LogP contribution in [0.1, 0.15) is 55.7 Å². The second-order valence-electron chi connectivity index (χ2n) is 6.12. The van der Waals surface area contributed by atoms with Crippen LogP contribution in [-0.2, 0) is 6.42 Å². The minimum absolute atomic E-state index is 0.579. The largest absolute Gasteiger partial charge is 0.0876 e. The average Bonchev–Trinajstić information content (AvgIpc) is 2.52. The van der Waals surface area contributed by atoms with Gasteiger partial charge in [-0.2, -0.15) is 0 Å². The van der Waals surface area contributed by atoms with Gasteiger partial charge in [-0.15, -0.1) is 0 Å². The summed E-state index contributed by atoms with van der Waals surface area (Å²) in [5.74, 6) is 1.18. The van der Waals surface area contributed by atoms with Crippen molar-refractivity contribution in [2.45, 2.75) is 45.4 Å². The van der Waals surface area contributed by atoms with Crippen LogP contribution in [-0.4, -0.2) is 0 Å². The smallest absolute Gasteiger partial charge is 0.00975 e. The molecule has 0 amide bonds. The molecule has 0 radical (unpaired) electrons. The van der Waals surface area contributed by atoms with Crippen LogP contribution < -0.4 is 0 Å². The van der Waals surface area contributed by atoms with E-state index in [-0.39, 0.29) is 0 Å². The summed E-state index contributed by atoms with van der Waals surface area (Å²) in [7, 11) is 0. The first-order valence-electron chi connectivity index (χ1n) is 7.95. The molecule has 2 aromatic rings. The van der Waals surface area contributed by atoms with E-state index in [1.54, 1.807) is 0 Å². The van der Waals surface area contributed by atoms with Gasteiger partial charge >= 0.3 is 0 Å². The Morgan fingerprint density at radius 1 is 0.810 bits per heavy atom. The van der Waals surface area contributed by atoms with Crippen molar-refractivity contribution in [3.63, 3.8) is 0 Å². The lowest BCUT2D eigenvalue weighted by Gasteiger charge is -2.13. The molecule has 1 atom stereocenters. The maximum atomic E-state index is 2.36. The minimum atomic E-state index is 0.579. The Kier molecular flexibility index (Phi) is 5.80. The molecule has 0 saturated carbocycles. The Morgan fingerprint density at radius 3 is 2.24 bits per heavy atom. The quantitative estimate of drug-likeness (QED) is 0.560. The average molecular weight is 278 g/mol. The van der Waals surface area contributed by atoms with Crippen molar-refractivity contribution in [1.29, 1.82) is 0 Å². The molecule has 0 N–H and O–H groups in total. The third-order valence-corrected chi connectivity index (χ3v) is 4.00. The minimum Gasteiger partial charge on any atom is -0.0876 e. The SMILES string of the molecule is CC(C)c1cccc(C(C)CC=CCc2ccccc2)c1. The normalized spacial score (nSPS) is 13.0. The first-order valence-corrected chi connectivity index (χ1v) is 7.95. The Labute approximate surface area is 129 Å². The molecule has 0 aliphatic heterocycles. The Balaban J connectivity index is 1.89. The van der Waals surface area contributed by atoms with Crippen molar-refractivity contribution in [3.05, 3.63) is 83.4 Å². The van der Waals surface area contributed by atoms with Crippen molar-refractivity contribution in [2.75, 3.05) is 0 Å². The highest BCUT2D eigenvalue weighted by Gasteiger charge is 2.06. The first kappa shape index (κ1) is 15.6. The fraction of sp³-hybridized carbons (Fsp3) is 0.333. The molecule has 0 nitrogen and oxygen atoms in total. The van der Waals surface area contributed by atoms with Gasteiger partial charge in [0.05, 0.1) is 0 Å².